The number of ketones is 1. The fourth-order valence-electron chi connectivity index (χ4n) is 2.72. The summed E-state index contributed by atoms with van der Waals surface area (Å²) in [5.41, 5.74) is 3.57. The van der Waals surface area contributed by atoms with Crippen LogP contribution in [0.25, 0.3) is 6.08 Å². The molecule has 0 radical (unpaired) electrons. The van der Waals surface area contributed by atoms with Crippen LogP contribution in [0.5, 0.6) is 5.75 Å². The molecular formula is C18H18N2O2. The van der Waals surface area contributed by atoms with Crippen molar-refractivity contribution in [2.24, 2.45) is 7.05 Å². The first-order chi connectivity index (χ1) is 10.7. The zero-order chi connectivity index (χ0) is 15.5. The van der Waals surface area contributed by atoms with E-state index in [-0.39, 0.29) is 5.78 Å². The minimum absolute atomic E-state index is 0.0824. The molecule has 0 N–H and O–H groups in total. The van der Waals surface area contributed by atoms with Crippen molar-refractivity contribution in [3.8, 4) is 5.75 Å². The van der Waals surface area contributed by atoms with E-state index < -0.39 is 0 Å². The number of carbonyl (C=O) groups is 1. The summed E-state index contributed by atoms with van der Waals surface area (Å²) in [6.07, 6.45) is 9.02. The molecule has 1 aromatic heterocycles. The third kappa shape index (κ3) is 2.60. The van der Waals surface area contributed by atoms with Crippen LogP contribution >= 0.6 is 0 Å². The highest BCUT2D eigenvalue weighted by atomic mass is 16.5. The minimum atomic E-state index is 0.0824. The lowest BCUT2D eigenvalue weighted by Crippen LogP contribution is -2.14. The molecule has 0 fully saturated rings. The van der Waals surface area contributed by atoms with E-state index in [4.69, 9.17) is 4.74 Å². The van der Waals surface area contributed by atoms with E-state index in [0.717, 1.165) is 41.0 Å². The zero-order valence-electron chi connectivity index (χ0n) is 12.7. The van der Waals surface area contributed by atoms with Crippen molar-refractivity contribution in [1.82, 2.24) is 9.78 Å². The van der Waals surface area contributed by atoms with Gasteiger partial charge in [-0.2, -0.15) is 5.10 Å². The Hall–Kier alpha value is -2.62. The topological polar surface area (TPSA) is 44.1 Å². The minimum Gasteiger partial charge on any atom is -0.496 e. The van der Waals surface area contributed by atoms with Crippen LogP contribution in [0, 0.1) is 0 Å². The number of Topliss-reactive ketones (excluding diaryl/α,β-unsaturated/α-hetero) is 1. The van der Waals surface area contributed by atoms with Gasteiger partial charge >= 0.3 is 0 Å². The molecular weight excluding hydrogens is 276 g/mol. The molecule has 0 saturated carbocycles. The first-order valence-corrected chi connectivity index (χ1v) is 7.26. The Kier molecular flexibility index (Phi) is 3.92. The maximum atomic E-state index is 12.4. The Bertz CT molecular complexity index is 769. The standard InChI is InChI=1S/C18H18N2O2/c1-20-16-11-10-14(18(21)15(16)12-19-20)8-5-7-13-6-3-4-9-17(13)22-2/h3-9,12H,10-11H2,1-2H3. The maximum Gasteiger partial charge on any atom is 0.192 e. The maximum absolute atomic E-state index is 12.4. The first-order valence-electron chi connectivity index (χ1n) is 7.26. The summed E-state index contributed by atoms with van der Waals surface area (Å²) in [6.45, 7) is 0. The largest absolute Gasteiger partial charge is 0.496 e. The molecule has 3 rings (SSSR count). The van der Waals surface area contributed by atoms with Gasteiger partial charge in [-0.1, -0.05) is 36.4 Å². The average molecular weight is 294 g/mol. The fourth-order valence-corrected chi connectivity index (χ4v) is 2.72. The number of aryl methyl sites for hydroxylation is 1. The number of ether oxygens (including phenoxy) is 1. The number of aromatic nitrogens is 2. The van der Waals surface area contributed by atoms with Gasteiger partial charge in [0.15, 0.2) is 5.78 Å². The van der Waals surface area contributed by atoms with E-state index >= 15 is 0 Å². The molecule has 0 unspecified atom stereocenters. The lowest BCUT2D eigenvalue weighted by Gasteiger charge is -2.13. The number of hydrogen-bond acceptors (Lipinski definition) is 3. The number of carbonyl (C=O) groups excluding carboxylic acids is 1. The molecule has 0 aliphatic heterocycles. The van der Waals surface area contributed by atoms with E-state index in [1.54, 1.807) is 18.0 Å². The third-order valence-electron chi connectivity index (χ3n) is 3.94. The number of nitrogens with zero attached hydrogens (tertiary/aromatic N) is 2. The lowest BCUT2D eigenvalue weighted by molar-refractivity contribution is 0.102. The monoisotopic (exact) mass is 294 g/mol. The Morgan fingerprint density at radius 2 is 2.09 bits per heavy atom. The molecule has 1 aromatic carbocycles. The number of fused-ring (bicyclic) bond motifs is 1. The molecule has 4 nitrogen and oxygen atoms in total. The molecule has 112 valence electrons. The van der Waals surface area contributed by atoms with Gasteiger partial charge < -0.3 is 4.74 Å². The van der Waals surface area contributed by atoms with Crippen LogP contribution in [-0.2, 0) is 13.5 Å². The normalized spacial score (nSPS) is 16.3. The smallest absolute Gasteiger partial charge is 0.192 e. The van der Waals surface area contributed by atoms with E-state index in [0.29, 0.717) is 0 Å². The van der Waals surface area contributed by atoms with Crippen LogP contribution in [0.15, 0.2) is 48.2 Å². The van der Waals surface area contributed by atoms with Gasteiger partial charge in [-0.25, -0.2) is 0 Å². The van der Waals surface area contributed by atoms with E-state index in [1.807, 2.05) is 49.5 Å². The highest BCUT2D eigenvalue weighted by Gasteiger charge is 2.24. The van der Waals surface area contributed by atoms with Gasteiger partial charge in [-0.05, 0) is 18.9 Å². The van der Waals surface area contributed by atoms with Crippen molar-refractivity contribution in [3.63, 3.8) is 0 Å². The molecule has 4 heteroatoms. The van der Waals surface area contributed by atoms with Crippen LogP contribution in [0.2, 0.25) is 0 Å². The van der Waals surface area contributed by atoms with Crippen molar-refractivity contribution in [2.75, 3.05) is 7.11 Å². The van der Waals surface area contributed by atoms with Crippen molar-refractivity contribution in [3.05, 3.63) is 65.0 Å². The molecule has 1 aliphatic carbocycles. The fraction of sp³-hybridized carbons (Fsp3) is 0.222. The predicted octanol–water partition coefficient (Wildman–Crippen LogP) is 3.20. The Morgan fingerprint density at radius 1 is 1.27 bits per heavy atom. The SMILES string of the molecule is COc1ccccc1C=CC=C1CCc2c(cnn2C)C1=O. The zero-order valence-corrected chi connectivity index (χ0v) is 12.7. The number of hydrogen-bond donors (Lipinski definition) is 0. The van der Waals surface area contributed by atoms with Crippen molar-refractivity contribution < 1.29 is 9.53 Å². The second-order valence-corrected chi connectivity index (χ2v) is 5.25. The number of para-hydroxylation sites is 1. The Balaban J connectivity index is 1.82. The van der Waals surface area contributed by atoms with E-state index in [2.05, 4.69) is 5.10 Å². The van der Waals surface area contributed by atoms with Gasteiger partial charge in [-0.3, -0.25) is 9.48 Å². The second-order valence-electron chi connectivity index (χ2n) is 5.25. The summed E-state index contributed by atoms with van der Waals surface area (Å²) in [5.74, 6) is 0.903. The van der Waals surface area contributed by atoms with Gasteiger partial charge in [-0.15, -0.1) is 0 Å². The van der Waals surface area contributed by atoms with Crippen molar-refractivity contribution >= 4 is 11.9 Å². The van der Waals surface area contributed by atoms with Gasteiger partial charge in [0.2, 0.25) is 0 Å². The summed E-state index contributed by atoms with van der Waals surface area (Å²) < 4.78 is 7.09. The molecule has 2 aromatic rings. The molecule has 0 bridgehead atoms. The summed E-state index contributed by atoms with van der Waals surface area (Å²) in [7, 11) is 3.53. The molecule has 0 saturated heterocycles. The first kappa shape index (κ1) is 14.3. The summed E-state index contributed by atoms with van der Waals surface area (Å²) in [6, 6.07) is 7.79. The Labute approximate surface area is 129 Å². The van der Waals surface area contributed by atoms with Crippen LogP contribution in [0.3, 0.4) is 0 Å². The number of allylic oxidation sites excluding steroid dienone is 3. The third-order valence-corrected chi connectivity index (χ3v) is 3.94. The highest BCUT2D eigenvalue weighted by Crippen LogP contribution is 2.25. The van der Waals surface area contributed by atoms with Crippen LogP contribution in [0.1, 0.15) is 28.0 Å². The number of methoxy groups -OCH3 is 1. The quantitative estimate of drug-likeness (QED) is 0.817. The van der Waals surface area contributed by atoms with Gasteiger partial charge in [0.05, 0.1) is 18.9 Å². The molecule has 1 aliphatic rings. The van der Waals surface area contributed by atoms with Crippen molar-refractivity contribution in [1.29, 1.82) is 0 Å². The Morgan fingerprint density at radius 3 is 2.91 bits per heavy atom. The molecule has 1 heterocycles. The van der Waals surface area contributed by atoms with Crippen LogP contribution < -0.4 is 4.74 Å². The average Bonchev–Trinajstić information content (AvgIpc) is 2.92. The molecule has 0 spiro atoms. The van der Waals surface area contributed by atoms with Gasteiger partial charge in [0, 0.05) is 23.9 Å². The summed E-state index contributed by atoms with van der Waals surface area (Å²) in [4.78, 5) is 12.4. The van der Waals surface area contributed by atoms with Crippen LogP contribution in [0.4, 0.5) is 0 Å². The summed E-state index contributed by atoms with van der Waals surface area (Å²) >= 11 is 0. The molecule has 0 atom stereocenters. The highest BCUT2D eigenvalue weighted by molar-refractivity contribution is 6.10. The van der Waals surface area contributed by atoms with Gasteiger partial charge in [0.25, 0.3) is 0 Å². The lowest BCUT2D eigenvalue weighted by atomic mass is 9.91. The number of benzene rings is 1. The number of rotatable bonds is 3. The van der Waals surface area contributed by atoms with Crippen molar-refractivity contribution in [2.45, 2.75) is 12.8 Å². The summed E-state index contributed by atoms with van der Waals surface area (Å²) in [5, 5.41) is 4.17. The van der Waals surface area contributed by atoms with E-state index in [9.17, 15) is 4.79 Å². The second kappa shape index (κ2) is 6.02. The molecule has 22 heavy (non-hydrogen) atoms. The molecule has 0 amide bonds. The predicted molar refractivity (Wildman–Crippen MR) is 86.0 cm³/mol. The van der Waals surface area contributed by atoms with E-state index in [1.165, 1.54) is 0 Å². The van der Waals surface area contributed by atoms with Crippen LogP contribution in [-0.4, -0.2) is 22.7 Å². The van der Waals surface area contributed by atoms with Gasteiger partial charge in [0.1, 0.15) is 5.75 Å².